The largest absolute Gasteiger partial charge is 0.464 e. The summed E-state index contributed by atoms with van der Waals surface area (Å²) in [4.78, 5) is 21.2. The topological polar surface area (TPSA) is 120 Å². The lowest BCUT2D eigenvalue weighted by molar-refractivity contribution is -0.384. The van der Waals surface area contributed by atoms with Crippen LogP contribution in [0.2, 0.25) is 0 Å². The number of carbonyl (C=O) groups excluding carboxylic acids is 1. The number of nitrogens with zero attached hydrogens (tertiary/aromatic N) is 4. The highest BCUT2D eigenvalue weighted by Gasteiger charge is 2.15. The SMILES string of the molecule is COC(=O)c1cn(C[C@H](O)c2ccc([N+](=O)[O-])cc2)nn1. The maximum Gasteiger partial charge on any atom is 0.360 e. The molecule has 0 saturated carbocycles. The van der Waals surface area contributed by atoms with Crippen LogP contribution in [0.3, 0.4) is 0 Å². The third-order valence-electron chi connectivity index (χ3n) is 2.78. The van der Waals surface area contributed by atoms with Crippen molar-refractivity contribution in [3.63, 3.8) is 0 Å². The standard InChI is InChI=1S/C12H12N4O5/c1-21-12(18)10-6-15(14-13-10)7-11(17)8-2-4-9(5-3-8)16(19)20/h2-6,11,17H,7H2,1H3/t11-/m0/s1. The van der Waals surface area contributed by atoms with Crippen LogP contribution in [0.1, 0.15) is 22.2 Å². The molecule has 0 saturated heterocycles. The lowest BCUT2D eigenvalue weighted by Crippen LogP contribution is -2.09. The van der Waals surface area contributed by atoms with Crippen molar-refractivity contribution in [2.45, 2.75) is 12.6 Å². The molecule has 1 aromatic heterocycles. The Morgan fingerprint density at radius 1 is 1.48 bits per heavy atom. The monoisotopic (exact) mass is 292 g/mol. The van der Waals surface area contributed by atoms with Crippen molar-refractivity contribution in [3.8, 4) is 0 Å². The molecule has 9 heteroatoms. The molecule has 1 heterocycles. The van der Waals surface area contributed by atoms with E-state index in [1.807, 2.05) is 0 Å². The number of non-ortho nitro benzene ring substituents is 1. The van der Waals surface area contributed by atoms with Crippen molar-refractivity contribution < 1.29 is 19.6 Å². The van der Waals surface area contributed by atoms with Gasteiger partial charge < -0.3 is 9.84 Å². The number of hydrogen-bond donors (Lipinski definition) is 1. The van der Waals surface area contributed by atoms with Gasteiger partial charge in [-0.1, -0.05) is 5.21 Å². The van der Waals surface area contributed by atoms with Gasteiger partial charge in [0.1, 0.15) is 0 Å². The van der Waals surface area contributed by atoms with Crippen molar-refractivity contribution in [2.24, 2.45) is 0 Å². The summed E-state index contributed by atoms with van der Waals surface area (Å²) in [5, 5.41) is 27.9. The first-order valence-electron chi connectivity index (χ1n) is 5.92. The molecule has 0 radical (unpaired) electrons. The average molecular weight is 292 g/mol. The van der Waals surface area contributed by atoms with Crippen LogP contribution in [0.4, 0.5) is 5.69 Å². The number of nitro groups is 1. The highest BCUT2D eigenvalue weighted by atomic mass is 16.6. The molecule has 0 spiro atoms. The molecule has 21 heavy (non-hydrogen) atoms. The molecule has 0 aliphatic carbocycles. The van der Waals surface area contributed by atoms with Gasteiger partial charge in [-0.2, -0.15) is 0 Å². The van der Waals surface area contributed by atoms with Gasteiger partial charge in [0.2, 0.25) is 0 Å². The molecule has 110 valence electrons. The van der Waals surface area contributed by atoms with Crippen LogP contribution in [-0.4, -0.2) is 38.1 Å². The Balaban J connectivity index is 2.07. The molecule has 0 bridgehead atoms. The van der Waals surface area contributed by atoms with Crippen LogP contribution < -0.4 is 0 Å². The van der Waals surface area contributed by atoms with Crippen molar-refractivity contribution in [1.82, 2.24) is 15.0 Å². The van der Waals surface area contributed by atoms with Gasteiger partial charge in [0.25, 0.3) is 5.69 Å². The van der Waals surface area contributed by atoms with Gasteiger partial charge >= 0.3 is 5.97 Å². The fourth-order valence-electron chi connectivity index (χ4n) is 1.69. The molecule has 2 aromatic rings. The van der Waals surface area contributed by atoms with E-state index in [-0.39, 0.29) is 17.9 Å². The van der Waals surface area contributed by atoms with E-state index < -0.39 is 17.0 Å². The number of ether oxygens (including phenoxy) is 1. The third kappa shape index (κ3) is 3.39. The Hall–Kier alpha value is -2.81. The van der Waals surface area contributed by atoms with Crippen LogP contribution in [0.15, 0.2) is 30.5 Å². The molecule has 1 aromatic carbocycles. The molecule has 9 nitrogen and oxygen atoms in total. The van der Waals surface area contributed by atoms with Gasteiger partial charge in [-0.05, 0) is 17.7 Å². The lowest BCUT2D eigenvalue weighted by atomic mass is 10.1. The molecule has 1 atom stereocenters. The molecular formula is C12H12N4O5. The zero-order valence-electron chi connectivity index (χ0n) is 11.0. The third-order valence-corrected chi connectivity index (χ3v) is 2.78. The minimum atomic E-state index is -0.932. The number of nitro benzene ring substituents is 1. The molecule has 0 unspecified atom stereocenters. The van der Waals surface area contributed by atoms with Gasteiger partial charge in [0.05, 0.1) is 30.9 Å². The highest BCUT2D eigenvalue weighted by molar-refractivity contribution is 5.86. The number of aliphatic hydroxyl groups is 1. The summed E-state index contributed by atoms with van der Waals surface area (Å²) in [5.41, 5.74) is 0.476. The summed E-state index contributed by atoms with van der Waals surface area (Å²) in [5.74, 6) is -0.619. The minimum absolute atomic E-state index is 0.0356. The van der Waals surface area contributed by atoms with E-state index in [0.717, 1.165) is 0 Å². The molecule has 1 N–H and O–H groups in total. The molecule has 0 aliphatic heterocycles. The quantitative estimate of drug-likeness (QED) is 0.489. The number of hydrogen-bond acceptors (Lipinski definition) is 7. The molecule has 0 fully saturated rings. The first-order chi connectivity index (χ1) is 10.0. The molecule has 0 aliphatic rings. The van der Waals surface area contributed by atoms with Crippen molar-refractivity contribution >= 4 is 11.7 Å². The van der Waals surface area contributed by atoms with E-state index in [1.165, 1.54) is 42.3 Å². The Labute approximate surface area is 118 Å². The van der Waals surface area contributed by atoms with Crippen LogP contribution in [0.5, 0.6) is 0 Å². The maximum absolute atomic E-state index is 11.2. The summed E-state index contributed by atoms with van der Waals surface area (Å²) >= 11 is 0. The Bertz CT molecular complexity index is 652. The second-order valence-corrected chi connectivity index (χ2v) is 4.18. The normalized spacial score (nSPS) is 11.9. The Morgan fingerprint density at radius 3 is 2.71 bits per heavy atom. The Kier molecular flexibility index (Phi) is 4.24. The van der Waals surface area contributed by atoms with Gasteiger partial charge in [-0.3, -0.25) is 10.1 Å². The van der Waals surface area contributed by atoms with Crippen LogP contribution >= 0.6 is 0 Å². The van der Waals surface area contributed by atoms with Crippen LogP contribution in [-0.2, 0) is 11.3 Å². The predicted molar refractivity (Wildman–Crippen MR) is 69.4 cm³/mol. The second-order valence-electron chi connectivity index (χ2n) is 4.18. The van der Waals surface area contributed by atoms with E-state index in [1.54, 1.807) is 0 Å². The van der Waals surface area contributed by atoms with E-state index in [9.17, 15) is 20.0 Å². The van der Waals surface area contributed by atoms with E-state index in [4.69, 9.17) is 0 Å². The Morgan fingerprint density at radius 2 is 2.14 bits per heavy atom. The molecule has 0 amide bonds. The minimum Gasteiger partial charge on any atom is -0.464 e. The van der Waals surface area contributed by atoms with Crippen molar-refractivity contribution in [1.29, 1.82) is 0 Å². The average Bonchev–Trinajstić information content (AvgIpc) is 2.95. The van der Waals surface area contributed by atoms with Gasteiger partial charge in [-0.25, -0.2) is 9.48 Å². The summed E-state index contributed by atoms with van der Waals surface area (Å²) < 4.78 is 5.78. The summed E-state index contributed by atoms with van der Waals surface area (Å²) in [6, 6.07) is 5.53. The highest BCUT2D eigenvalue weighted by Crippen LogP contribution is 2.18. The van der Waals surface area contributed by atoms with E-state index in [2.05, 4.69) is 15.0 Å². The van der Waals surface area contributed by atoms with Gasteiger partial charge in [-0.15, -0.1) is 5.10 Å². The summed E-state index contributed by atoms with van der Waals surface area (Å²) in [7, 11) is 1.23. The predicted octanol–water partition coefficient (Wildman–Crippen LogP) is 0.706. The van der Waals surface area contributed by atoms with Crippen molar-refractivity contribution in [2.75, 3.05) is 7.11 Å². The number of rotatable bonds is 5. The van der Waals surface area contributed by atoms with Gasteiger partial charge in [0, 0.05) is 12.1 Å². The number of methoxy groups -OCH3 is 1. The van der Waals surface area contributed by atoms with Gasteiger partial charge in [0.15, 0.2) is 5.69 Å². The first-order valence-corrected chi connectivity index (χ1v) is 5.92. The number of esters is 1. The van der Waals surface area contributed by atoms with E-state index in [0.29, 0.717) is 5.56 Å². The van der Waals surface area contributed by atoms with Crippen LogP contribution in [0, 0.1) is 10.1 Å². The number of carbonyl (C=O) groups is 1. The summed E-state index contributed by atoms with van der Waals surface area (Å²) in [6.45, 7) is 0.0573. The number of aromatic nitrogens is 3. The number of benzene rings is 1. The fourth-order valence-corrected chi connectivity index (χ4v) is 1.69. The molecule has 2 rings (SSSR count). The maximum atomic E-state index is 11.2. The number of aliphatic hydroxyl groups excluding tert-OH is 1. The summed E-state index contributed by atoms with van der Waals surface area (Å²) in [6.07, 6.45) is 0.415. The van der Waals surface area contributed by atoms with E-state index >= 15 is 0 Å². The molecular weight excluding hydrogens is 280 g/mol. The lowest BCUT2D eigenvalue weighted by Gasteiger charge is -2.10. The zero-order valence-corrected chi connectivity index (χ0v) is 11.0. The zero-order chi connectivity index (χ0) is 15.4. The second kappa shape index (κ2) is 6.09. The van der Waals surface area contributed by atoms with Crippen LogP contribution in [0.25, 0.3) is 0 Å². The first kappa shape index (κ1) is 14.6. The van der Waals surface area contributed by atoms with Crippen molar-refractivity contribution in [3.05, 3.63) is 51.8 Å². The fraction of sp³-hybridized carbons (Fsp3) is 0.250. The smallest absolute Gasteiger partial charge is 0.360 e.